The van der Waals surface area contributed by atoms with E-state index in [1.54, 1.807) is 6.07 Å². The molecule has 0 heterocycles. The molecule has 20 heavy (non-hydrogen) atoms. The topological polar surface area (TPSA) is 50.4 Å². The Hall–Kier alpha value is -2.04. The number of amides is 2. The largest absolute Gasteiger partial charge is 0.497 e. The van der Waals surface area contributed by atoms with Crippen molar-refractivity contribution in [3.8, 4) is 5.75 Å². The van der Waals surface area contributed by atoms with Gasteiger partial charge in [0.25, 0.3) is 0 Å². The maximum atomic E-state index is 13.3. The van der Waals surface area contributed by atoms with E-state index in [9.17, 15) is 9.18 Å². The molecule has 4 nitrogen and oxygen atoms in total. The van der Waals surface area contributed by atoms with E-state index in [1.807, 2.05) is 13.8 Å². The Morgan fingerprint density at radius 3 is 2.75 bits per heavy atom. The Morgan fingerprint density at radius 1 is 1.35 bits per heavy atom. The minimum Gasteiger partial charge on any atom is -0.497 e. The summed E-state index contributed by atoms with van der Waals surface area (Å²) >= 11 is 0. The van der Waals surface area contributed by atoms with E-state index in [2.05, 4.69) is 16.7 Å². The molecule has 110 valence electrons. The van der Waals surface area contributed by atoms with Crippen molar-refractivity contribution in [3.63, 3.8) is 0 Å². The molecule has 0 saturated heterocycles. The molecule has 0 radical (unpaired) electrons. The Labute approximate surface area is 119 Å². The molecule has 0 unspecified atom stereocenters. The van der Waals surface area contributed by atoms with E-state index >= 15 is 0 Å². The molecule has 0 saturated carbocycles. The Bertz CT molecular complexity index is 487. The van der Waals surface area contributed by atoms with Gasteiger partial charge in [0.05, 0.1) is 7.11 Å². The molecule has 0 atom stereocenters. The summed E-state index contributed by atoms with van der Waals surface area (Å²) in [5.41, 5.74) is 1.76. The third-order valence-corrected chi connectivity index (χ3v) is 2.70. The van der Waals surface area contributed by atoms with Gasteiger partial charge in [-0.05, 0) is 31.0 Å². The monoisotopic (exact) mass is 280 g/mol. The van der Waals surface area contributed by atoms with Crippen LogP contribution in [0.3, 0.4) is 0 Å². The molecule has 0 bridgehead atoms. The first-order valence-corrected chi connectivity index (χ1v) is 6.56. The van der Waals surface area contributed by atoms with Crippen molar-refractivity contribution in [1.29, 1.82) is 0 Å². The lowest BCUT2D eigenvalue weighted by Crippen LogP contribution is -2.35. The molecule has 1 rings (SSSR count). The Kier molecular flexibility index (Phi) is 6.56. The second-order valence-corrected chi connectivity index (χ2v) is 4.49. The van der Waals surface area contributed by atoms with Crippen LogP contribution in [0.2, 0.25) is 0 Å². The van der Waals surface area contributed by atoms with E-state index in [4.69, 9.17) is 4.74 Å². The summed E-state index contributed by atoms with van der Waals surface area (Å²) in [6.45, 7) is 4.75. The van der Waals surface area contributed by atoms with Gasteiger partial charge in [0, 0.05) is 19.2 Å². The second kappa shape index (κ2) is 8.19. The summed E-state index contributed by atoms with van der Waals surface area (Å²) in [7, 11) is 1.47. The van der Waals surface area contributed by atoms with E-state index < -0.39 is 0 Å². The number of halogens is 1. The SMILES string of the molecule is CC/C=C(\C)CNC(=O)NCc1cc(F)cc(OC)c1. The molecular weight excluding hydrogens is 259 g/mol. The van der Waals surface area contributed by atoms with Gasteiger partial charge in [0.2, 0.25) is 0 Å². The molecule has 2 N–H and O–H groups in total. The van der Waals surface area contributed by atoms with Crippen LogP contribution in [0.25, 0.3) is 0 Å². The van der Waals surface area contributed by atoms with Crippen LogP contribution in [0.15, 0.2) is 29.8 Å². The molecule has 0 spiro atoms. The number of urea groups is 1. The van der Waals surface area contributed by atoms with Gasteiger partial charge in [0.15, 0.2) is 0 Å². The highest BCUT2D eigenvalue weighted by molar-refractivity contribution is 5.74. The molecule has 0 aliphatic heterocycles. The van der Waals surface area contributed by atoms with E-state index in [1.165, 1.54) is 19.2 Å². The lowest BCUT2D eigenvalue weighted by Gasteiger charge is -2.09. The van der Waals surface area contributed by atoms with E-state index in [0.717, 1.165) is 12.0 Å². The quantitative estimate of drug-likeness (QED) is 0.787. The molecule has 0 aromatic heterocycles. The minimum atomic E-state index is -0.386. The number of methoxy groups -OCH3 is 1. The first-order chi connectivity index (χ1) is 9.55. The van der Waals surface area contributed by atoms with Crippen molar-refractivity contribution in [1.82, 2.24) is 10.6 Å². The Balaban J connectivity index is 2.45. The normalized spacial score (nSPS) is 11.1. The standard InChI is InChI=1S/C15H21FN2O2/c1-4-5-11(2)9-17-15(19)18-10-12-6-13(16)8-14(7-12)20-3/h5-8H,4,9-10H2,1-3H3,(H2,17,18,19)/b11-5+. The van der Waals surface area contributed by atoms with Crippen LogP contribution in [-0.4, -0.2) is 19.7 Å². The van der Waals surface area contributed by atoms with E-state index in [0.29, 0.717) is 17.9 Å². The number of ether oxygens (including phenoxy) is 1. The highest BCUT2D eigenvalue weighted by atomic mass is 19.1. The summed E-state index contributed by atoms with van der Waals surface area (Å²) in [6, 6.07) is 4.07. The Morgan fingerprint density at radius 2 is 2.10 bits per heavy atom. The van der Waals surface area contributed by atoms with Crippen molar-refractivity contribution >= 4 is 6.03 Å². The maximum Gasteiger partial charge on any atom is 0.315 e. The van der Waals surface area contributed by atoms with Gasteiger partial charge in [-0.25, -0.2) is 9.18 Å². The third kappa shape index (κ3) is 5.73. The predicted molar refractivity (Wildman–Crippen MR) is 77.2 cm³/mol. The lowest BCUT2D eigenvalue weighted by molar-refractivity contribution is 0.241. The van der Waals surface area contributed by atoms with Crippen LogP contribution in [0.4, 0.5) is 9.18 Å². The molecule has 0 aliphatic carbocycles. The second-order valence-electron chi connectivity index (χ2n) is 4.49. The van der Waals surface area contributed by atoms with Gasteiger partial charge in [-0.3, -0.25) is 0 Å². The number of carbonyl (C=O) groups excluding carboxylic acids is 1. The number of nitrogens with one attached hydrogen (secondary N) is 2. The number of hydrogen-bond acceptors (Lipinski definition) is 2. The number of benzene rings is 1. The number of rotatable bonds is 6. The van der Waals surface area contributed by atoms with Crippen molar-refractivity contribution in [2.75, 3.05) is 13.7 Å². The van der Waals surface area contributed by atoms with Crippen LogP contribution in [0.1, 0.15) is 25.8 Å². The maximum absolute atomic E-state index is 13.3. The minimum absolute atomic E-state index is 0.247. The average molecular weight is 280 g/mol. The number of carbonyl (C=O) groups is 1. The van der Waals surface area contributed by atoms with Gasteiger partial charge in [-0.1, -0.05) is 18.6 Å². The molecule has 1 aromatic rings. The number of hydrogen-bond donors (Lipinski definition) is 2. The first-order valence-electron chi connectivity index (χ1n) is 6.56. The predicted octanol–water partition coefficient (Wildman–Crippen LogP) is 2.99. The third-order valence-electron chi connectivity index (χ3n) is 2.70. The van der Waals surface area contributed by atoms with Gasteiger partial charge >= 0.3 is 6.03 Å². The molecule has 5 heteroatoms. The smallest absolute Gasteiger partial charge is 0.315 e. The van der Waals surface area contributed by atoms with Gasteiger partial charge in [0.1, 0.15) is 11.6 Å². The lowest BCUT2D eigenvalue weighted by atomic mass is 10.2. The average Bonchev–Trinajstić information content (AvgIpc) is 2.42. The fourth-order valence-electron chi connectivity index (χ4n) is 1.73. The summed E-state index contributed by atoms with van der Waals surface area (Å²) in [4.78, 5) is 11.6. The molecule has 0 fully saturated rings. The summed E-state index contributed by atoms with van der Waals surface area (Å²) in [5.74, 6) is 0.0483. The summed E-state index contributed by atoms with van der Waals surface area (Å²) in [6.07, 6.45) is 3.00. The molecule has 1 aromatic carbocycles. The fourth-order valence-corrected chi connectivity index (χ4v) is 1.73. The highest BCUT2D eigenvalue weighted by Crippen LogP contribution is 2.15. The number of allylic oxidation sites excluding steroid dienone is 1. The molecule has 0 aliphatic rings. The highest BCUT2D eigenvalue weighted by Gasteiger charge is 2.04. The van der Waals surface area contributed by atoms with Crippen LogP contribution in [0, 0.1) is 5.82 Å². The van der Waals surface area contributed by atoms with Crippen molar-refractivity contribution in [2.45, 2.75) is 26.8 Å². The van der Waals surface area contributed by atoms with Crippen molar-refractivity contribution < 1.29 is 13.9 Å². The molecular formula is C15H21FN2O2. The van der Waals surface area contributed by atoms with Crippen LogP contribution < -0.4 is 15.4 Å². The summed E-state index contributed by atoms with van der Waals surface area (Å²) < 4.78 is 18.2. The fraction of sp³-hybridized carbons (Fsp3) is 0.400. The van der Waals surface area contributed by atoms with Gasteiger partial charge < -0.3 is 15.4 Å². The van der Waals surface area contributed by atoms with Crippen LogP contribution in [-0.2, 0) is 6.54 Å². The van der Waals surface area contributed by atoms with Gasteiger partial charge in [-0.15, -0.1) is 0 Å². The zero-order valence-electron chi connectivity index (χ0n) is 12.1. The zero-order valence-corrected chi connectivity index (χ0v) is 12.1. The molecule has 2 amide bonds. The van der Waals surface area contributed by atoms with E-state index in [-0.39, 0.29) is 18.4 Å². The zero-order chi connectivity index (χ0) is 15.0. The van der Waals surface area contributed by atoms with Crippen molar-refractivity contribution in [2.24, 2.45) is 0 Å². The first kappa shape index (κ1) is 16.0. The van der Waals surface area contributed by atoms with Crippen LogP contribution >= 0.6 is 0 Å². The van der Waals surface area contributed by atoms with Crippen molar-refractivity contribution in [3.05, 3.63) is 41.2 Å². The van der Waals surface area contributed by atoms with Crippen LogP contribution in [0.5, 0.6) is 5.75 Å². The van der Waals surface area contributed by atoms with Gasteiger partial charge in [-0.2, -0.15) is 0 Å². The summed E-state index contributed by atoms with van der Waals surface area (Å²) in [5, 5.41) is 5.41.